The predicted molar refractivity (Wildman–Crippen MR) is 64.1 cm³/mol. The van der Waals surface area contributed by atoms with Crippen molar-refractivity contribution in [2.75, 3.05) is 12.8 Å². The van der Waals surface area contributed by atoms with Crippen LogP contribution in [0.2, 0.25) is 0 Å². The van der Waals surface area contributed by atoms with Crippen LogP contribution >= 0.6 is 0 Å². The van der Waals surface area contributed by atoms with Crippen molar-refractivity contribution in [2.24, 2.45) is 0 Å². The number of rotatable bonds is 3. The lowest BCUT2D eigenvalue weighted by atomic mass is 10.1. The maximum atomic E-state index is 11.6. The molecule has 17 heavy (non-hydrogen) atoms. The van der Waals surface area contributed by atoms with E-state index in [-0.39, 0.29) is 6.04 Å². The molecule has 96 valence electrons. The van der Waals surface area contributed by atoms with Gasteiger partial charge in [0.25, 0.3) is 0 Å². The second-order valence-corrected chi connectivity index (χ2v) is 6.78. The molecule has 5 nitrogen and oxygen atoms in total. The van der Waals surface area contributed by atoms with Crippen molar-refractivity contribution in [2.45, 2.75) is 38.6 Å². The Bertz CT molecular complexity index is 493. The van der Waals surface area contributed by atoms with E-state index in [1.54, 1.807) is 0 Å². The van der Waals surface area contributed by atoms with E-state index in [4.69, 9.17) is 4.52 Å². The molecule has 1 aromatic rings. The van der Waals surface area contributed by atoms with Crippen molar-refractivity contribution >= 4 is 10.0 Å². The van der Waals surface area contributed by atoms with Crippen molar-refractivity contribution in [3.63, 3.8) is 0 Å². The molecule has 0 unspecified atom stereocenters. The smallest absolute Gasteiger partial charge is 0.211 e. The third-order valence-electron chi connectivity index (χ3n) is 3.10. The second-order valence-electron chi connectivity index (χ2n) is 4.84. The molecule has 0 N–H and O–H groups in total. The summed E-state index contributed by atoms with van der Waals surface area (Å²) in [6, 6.07) is 1.70. The lowest BCUT2D eigenvalue weighted by Crippen LogP contribution is -2.29. The van der Waals surface area contributed by atoms with Gasteiger partial charge >= 0.3 is 0 Å². The Morgan fingerprint density at radius 1 is 1.53 bits per heavy atom. The molecule has 0 aromatic carbocycles. The van der Waals surface area contributed by atoms with Gasteiger partial charge in [-0.15, -0.1) is 0 Å². The van der Waals surface area contributed by atoms with Crippen LogP contribution < -0.4 is 0 Å². The summed E-state index contributed by atoms with van der Waals surface area (Å²) in [6.07, 6.45) is 2.92. The predicted octanol–water partition coefficient (Wildman–Crippen LogP) is 1.89. The van der Waals surface area contributed by atoms with Crippen LogP contribution in [0, 0.1) is 0 Å². The van der Waals surface area contributed by atoms with E-state index in [0.717, 1.165) is 18.5 Å². The Balaban J connectivity index is 2.26. The normalized spacial score (nSPS) is 22.5. The zero-order valence-corrected chi connectivity index (χ0v) is 11.2. The summed E-state index contributed by atoms with van der Waals surface area (Å²) < 4.78 is 30.0. The van der Waals surface area contributed by atoms with Crippen LogP contribution in [0.1, 0.15) is 50.1 Å². The molecule has 2 rings (SSSR count). The van der Waals surface area contributed by atoms with Crippen LogP contribution in [-0.2, 0) is 10.0 Å². The first-order valence-electron chi connectivity index (χ1n) is 5.83. The highest BCUT2D eigenvalue weighted by atomic mass is 32.2. The SMILES string of the molecule is CC(C)c1cc([C@@H]2CCCN2S(C)(=O)=O)on1. The minimum atomic E-state index is -3.17. The van der Waals surface area contributed by atoms with Gasteiger partial charge < -0.3 is 4.52 Å². The Morgan fingerprint density at radius 2 is 2.24 bits per heavy atom. The van der Waals surface area contributed by atoms with Crippen LogP contribution in [0.5, 0.6) is 0 Å². The Labute approximate surface area is 102 Å². The maximum absolute atomic E-state index is 11.6. The molecule has 1 saturated heterocycles. The first-order chi connectivity index (χ1) is 7.89. The number of aromatic nitrogens is 1. The first-order valence-corrected chi connectivity index (χ1v) is 7.67. The molecule has 0 radical (unpaired) electrons. The molecule has 1 atom stereocenters. The van der Waals surface area contributed by atoms with E-state index < -0.39 is 10.0 Å². The maximum Gasteiger partial charge on any atom is 0.211 e. The van der Waals surface area contributed by atoms with E-state index in [9.17, 15) is 8.42 Å². The molecule has 0 amide bonds. The fourth-order valence-electron chi connectivity index (χ4n) is 2.15. The molecule has 0 aliphatic carbocycles. The van der Waals surface area contributed by atoms with Gasteiger partial charge in [-0.3, -0.25) is 0 Å². The molecule has 1 aromatic heterocycles. The number of hydrogen-bond donors (Lipinski definition) is 0. The minimum Gasteiger partial charge on any atom is -0.359 e. The minimum absolute atomic E-state index is 0.176. The average Bonchev–Trinajstić information content (AvgIpc) is 2.85. The highest BCUT2D eigenvalue weighted by Crippen LogP contribution is 2.34. The molecule has 0 bridgehead atoms. The topological polar surface area (TPSA) is 63.4 Å². The van der Waals surface area contributed by atoms with Crippen molar-refractivity contribution in [1.29, 1.82) is 0 Å². The van der Waals surface area contributed by atoms with Crippen LogP contribution in [0.25, 0.3) is 0 Å². The van der Waals surface area contributed by atoms with E-state index >= 15 is 0 Å². The van der Waals surface area contributed by atoms with Crippen molar-refractivity contribution in [3.8, 4) is 0 Å². The fourth-order valence-corrected chi connectivity index (χ4v) is 3.29. The number of sulfonamides is 1. The van der Waals surface area contributed by atoms with Gasteiger partial charge in [-0.25, -0.2) is 8.42 Å². The zero-order valence-electron chi connectivity index (χ0n) is 10.4. The quantitative estimate of drug-likeness (QED) is 0.830. The molecule has 0 spiro atoms. The van der Waals surface area contributed by atoms with Gasteiger partial charge in [0, 0.05) is 12.6 Å². The standard InChI is InChI=1S/C11H18N2O3S/c1-8(2)9-7-11(16-12-9)10-5-4-6-13(10)17(3,14)15/h7-8,10H,4-6H2,1-3H3/t10-/m0/s1. The van der Waals surface area contributed by atoms with Crippen molar-refractivity contribution in [3.05, 3.63) is 17.5 Å². The van der Waals surface area contributed by atoms with Crippen LogP contribution in [0.3, 0.4) is 0 Å². The Kier molecular flexibility index (Phi) is 3.27. The molecular formula is C11H18N2O3S. The fraction of sp³-hybridized carbons (Fsp3) is 0.727. The van der Waals surface area contributed by atoms with Gasteiger partial charge in [-0.05, 0) is 18.8 Å². The summed E-state index contributed by atoms with van der Waals surface area (Å²) in [7, 11) is -3.17. The van der Waals surface area contributed by atoms with Gasteiger partial charge in [0.05, 0.1) is 18.0 Å². The van der Waals surface area contributed by atoms with E-state index in [0.29, 0.717) is 18.2 Å². The van der Waals surface area contributed by atoms with Gasteiger partial charge in [-0.2, -0.15) is 4.31 Å². The molecule has 1 aliphatic rings. The Hall–Kier alpha value is -0.880. The monoisotopic (exact) mass is 258 g/mol. The third kappa shape index (κ3) is 2.52. The molecule has 6 heteroatoms. The van der Waals surface area contributed by atoms with Gasteiger partial charge in [0.2, 0.25) is 10.0 Å². The zero-order chi connectivity index (χ0) is 12.6. The van der Waals surface area contributed by atoms with Crippen molar-refractivity contribution in [1.82, 2.24) is 9.46 Å². The average molecular weight is 258 g/mol. The summed E-state index contributed by atoms with van der Waals surface area (Å²) in [5.41, 5.74) is 0.875. The highest BCUT2D eigenvalue weighted by molar-refractivity contribution is 7.88. The summed E-state index contributed by atoms with van der Waals surface area (Å²) in [6.45, 7) is 4.64. The lowest BCUT2D eigenvalue weighted by molar-refractivity contribution is 0.296. The summed E-state index contributed by atoms with van der Waals surface area (Å²) in [5.74, 6) is 0.956. The molecular weight excluding hydrogens is 240 g/mol. The van der Waals surface area contributed by atoms with E-state index in [1.807, 2.05) is 19.9 Å². The summed E-state index contributed by atoms with van der Waals surface area (Å²) in [5, 5.41) is 3.98. The molecule has 1 aliphatic heterocycles. The second kappa shape index (κ2) is 4.42. The molecule has 1 fully saturated rings. The highest BCUT2D eigenvalue weighted by Gasteiger charge is 2.35. The first kappa shape index (κ1) is 12.6. The molecule has 2 heterocycles. The molecule has 0 saturated carbocycles. The number of nitrogens with zero attached hydrogens (tertiary/aromatic N) is 2. The van der Waals surface area contributed by atoms with Gasteiger partial charge in [0.1, 0.15) is 0 Å². The summed E-state index contributed by atoms with van der Waals surface area (Å²) >= 11 is 0. The lowest BCUT2D eigenvalue weighted by Gasteiger charge is -2.19. The largest absolute Gasteiger partial charge is 0.359 e. The summed E-state index contributed by atoms with van der Waals surface area (Å²) in [4.78, 5) is 0. The number of hydrogen-bond acceptors (Lipinski definition) is 4. The van der Waals surface area contributed by atoms with Crippen LogP contribution in [0.4, 0.5) is 0 Å². The van der Waals surface area contributed by atoms with E-state index in [2.05, 4.69) is 5.16 Å². The van der Waals surface area contributed by atoms with Gasteiger partial charge in [-0.1, -0.05) is 19.0 Å². The van der Waals surface area contributed by atoms with Crippen LogP contribution in [-0.4, -0.2) is 30.7 Å². The Morgan fingerprint density at radius 3 is 2.76 bits per heavy atom. The van der Waals surface area contributed by atoms with E-state index in [1.165, 1.54) is 10.6 Å². The van der Waals surface area contributed by atoms with Crippen LogP contribution in [0.15, 0.2) is 10.6 Å². The van der Waals surface area contributed by atoms with Crippen molar-refractivity contribution < 1.29 is 12.9 Å². The van der Waals surface area contributed by atoms with Gasteiger partial charge in [0.15, 0.2) is 5.76 Å². The third-order valence-corrected chi connectivity index (χ3v) is 4.39.